The molecule has 2 nitrogen and oxygen atoms in total. The molecule has 2 aromatic rings. The number of pyridine rings is 1. The maximum atomic E-state index is 5.81. The fourth-order valence-electron chi connectivity index (χ4n) is 3.34. The predicted molar refractivity (Wildman–Crippen MR) is 116 cm³/mol. The number of aryl methyl sites for hydroxylation is 1. The maximum Gasteiger partial charge on any atom is 0.119 e. The average molecular weight is 368 g/mol. The molecule has 0 saturated heterocycles. The van der Waals surface area contributed by atoms with Crippen LogP contribution in [0, 0.1) is 0 Å². The first-order valence-electron chi connectivity index (χ1n) is 10.9. The Morgan fingerprint density at radius 3 is 2.11 bits per heavy atom. The molecule has 0 aliphatic carbocycles. The quantitative estimate of drug-likeness (QED) is 0.346. The molecule has 2 rings (SSSR count). The Balaban J connectivity index is 1.82. The van der Waals surface area contributed by atoms with E-state index in [9.17, 15) is 0 Å². The second kappa shape index (κ2) is 12.5. The van der Waals surface area contributed by atoms with Crippen molar-refractivity contribution in [3.8, 4) is 5.75 Å². The average Bonchev–Trinajstić information content (AvgIpc) is 2.71. The molecule has 0 bridgehead atoms. The highest BCUT2D eigenvalue weighted by atomic mass is 16.5. The minimum atomic E-state index is 0.352. The molecular weight excluding hydrogens is 330 g/mol. The van der Waals surface area contributed by atoms with Crippen molar-refractivity contribution in [1.29, 1.82) is 0 Å². The molecule has 148 valence electrons. The Labute approximate surface area is 166 Å². The fraction of sp³-hybridized carbons (Fsp3) is 0.560. The fourth-order valence-corrected chi connectivity index (χ4v) is 3.34. The minimum Gasteiger partial charge on any atom is -0.494 e. The highest BCUT2D eigenvalue weighted by molar-refractivity contribution is 5.34. The van der Waals surface area contributed by atoms with E-state index in [0.717, 1.165) is 25.2 Å². The molecule has 0 fully saturated rings. The lowest BCUT2D eigenvalue weighted by molar-refractivity contribution is 0.306. The number of rotatable bonds is 13. The van der Waals surface area contributed by atoms with Gasteiger partial charge in [-0.15, -0.1) is 0 Å². The van der Waals surface area contributed by atoms with Crippen molar-refractivity contribution in [2.75, 3.05) is 6.61 Å². The lowest BCUT2D eigenvalue weighted by Crippen LogP contribution is -2.00. The maximum absolute atomic E-state index is 5.81. The third-order valence-electron chi connectivity index (χ3n) is 5.28. The SMILES string of the molecule is CCCCCCCc1ccc(C(C)c2ccc(OCCCCC)cc2)cn1. The summed E-state index contributed by atoms with van der Waals surface area (Å²) in [6, 6.07) is 13.0. The summed E-state index contributed by atoms with van der Waals surface area (Å²) in [5.74, 6) is 1.32. The molecule has 0 N–H and O–H groups in total. The van der Waals surface area contributed by atoms with Crippen molar-refractivity contribution in [3.05, 3.63) is 59.4 Å². The number of ether oxygens (including phenoxy) is 1. The smallest absolute Gasteiger partial charge is 0.119 e. The van der Waals surface area contributed by atoms with Gasteiger partial charge in [-0.2, -0.15) is 0 Å². The van der Waals surface area contributed by atoms with Crippen LogP contribution >= 0.6 is 0 Å². The number of aromatic nitrogens is 1. The highest BCUT2D eigenvalue weighted by Gasteiger charge is 2.09. The van der Waals surface area contributed by atoms with Gasteiger partial charge in [0.25, 0.3) is 0 Å². The molecule has 1 heterocycles. The molecule has 1 aromatic carbocycles. The zero-order valence-corrected chi connectivity index (χ0v) is 17.5. The van der Waals surface area contributed by atoms with Gasteiger partial charge in [0.05, 0.1) is 6.61 Å². The van der Waals surface area contributed by atoms with E-state index < -0.39 is 0 Å². The number of nitrogens with zero attached hydrogens (tertiary/aromatic N) is 1. The first kappa shape index (κ1) is 21.5. The largest absolute Gasteiger partial charge is 0.494 e. The van der Waals surface area contributed by atoms with Crippen LogP contribution in [0.4, 0.5) is 0 Å². The van der Waals surface area contributed by atoms with Crippen LogP contribution in [0.1, 0.15) is 94.9 Å². The molecule has 1 atom stereocenters. The standard InChI is InChI=1S/C25H37NO/c1-4-6-8-9-10-12-24-16-13-23(20-26-24)21(3)22-14-17-25(18-15-22)27-19-11-7-5-2/h13-18,20-21H,4-12,19H2,1-3H3. The van der Waals surface area contributed by atoms with E-state index in [-0.39, 0.29) is 0 Å². The van der Waals surface area contributed by atoms with Crippen molar-refractivity contribution in [2.24, 2.45) is 0 Å². The van der Waals surface area contributed by atoms with E-state index in [1.807, 2.05) is 0 Å². The molecule has 0 aliphatic heterocycles. The van der Waals surface area contributed by atoms with E-state index in [4.69, 9.17) is 9.72 Å². The Kier molecular flexibility index (Phi) is 9.97. The van der Waals surface area contributed by atoms with E-state index in [1.165, 1.54) is 61.8 Å². The van der Waals surface area contributed by atoms with Crippen LogP contribution in [-0.4, -0.2) is 11.6 Å². The summed E-state index contributed by atoms with van der Waals surface area (Å²) in [5.41, 5.74) is 3.81. The van der Waals surface area contributed by atoms with Crippen LogP contribution in [0.3, 0.4) is 0 Å². The van der Waals surface area contributed by atoms with E-state index >= 15 is 0 Å². The van der Waals surface area contributed by atoms with Gasteiger partial charge < -0.3 is 4.74 Å². The van der Waals surface area contributed by atoms with E-state index in [1.54, 1.807) is 0 Å². The first-order valence-corrected chi connectivity index (χ1v) is 10.9. The zero-order valence-electron chi connectivity index (χ0n) is 17.5. The monoisotopic (exact) mass is 367 g/mol. The van der Waals surface area contributed by atoms with Crippen LogP contribution in [0.15, 0.2) is 42.6 Å². The third kappa shape index (κ3) is 7.74. The molecule has 0 aliphatic rings. The van der Waals surface area contributed by atoms with Crippen LogP contribution < -0.4 is 4.74 Å². The van der Waals surface area contributed by atoms with Crippen LogP contribution in [0.25, 0.3) is 0 Å². The molecule has 2 heteroatoms. The summed E-state index contributed by atoms with van der Waals surface area (Å²) < 4.78 is 5.81. The van der Waals surface area contributed by atoms with Gasteiger partial charge in [0, 0.05) is 17.8 Å². The topological polar surface area (TPSA) is 22.1 Å². The molecule has 0 amide bonds. The summed E-state index contributed by atoms with van der Waals surface area (Å²) in [6.45, 7) is 7.53. The second-order valence-corrected chi connectivity index (χ2v) is 7.59. The number of benzene rings is 1. The summed E-state index contributed by atoms with van der Waals surface area (Å²) in [6.07, 6.45) is 13.3. The molecule has 27 heavy (non-hydrogen) atoms. The van der Waals surface area contributed by atoms with Gasteiger partial charge in [-0.25, -0.2) is 0 Å². The minimum absolute atomic E-state index is 0.352. The Hall–Kier alpha value is -1.83. The van der Waals surface area contributed by atoms with E-state index in [0.29, 0.717) is 5.92 Å². The van der Waals surface area contributed by atoms with Gasteiger partial charge in [0.2, 0.25) is 0 Å². The third-order valence-corrected chi connectivity index (χ3v) is 5.28. The van der Waals surface area contributed by atoms with Gasteiger partial charge in [-0.3, -0.25) is 4.98 Å². The normalized spacial score (nSPS) is 12.1. The van der Waals surface area contributed by atoms with Crippen LogP contribution in [0.5, 0.6) is 5.75 Å². The molecule has 1 aromatic heterocycles. The molecule has 0 spiro atoms. The Bertz CT molecular complexity index is 618. The van der Waals surface area contributed by atoms with E-state index in [2.05, 4.69) is 63.4 Å². The first-order chi connectivity index (χ1) is 13.2. The van der Waals surface area contributed by atoms with Crippen molar-refractivity contribution >= 4 is 0 Å². The molecule has 0 saturated carbocycles. The molecular formula is C25H37NO. The lowest BCUT2D eigenvalue weighted by Gasteiger charge is -2.14. The van der Waals surface area contributed by atoms with Gasteiger partial charge >= 0.3 is 0 Å². The number of hydrogen-bond donors (Lipinski definition) is 0. The molecule has 0 radical (unpaired) electrons. The predicted octanol–water partition coefficient (Wildman–Crippen LogP) is 7.32. The number of hydrogen-bond acceptors (Lipinski definition) is 2. The van der Waals surface area contributed by atoms with Crippen molar-refractivity contribution < 1.29 is 4.74 Å². The summed E-state index contributed by atoms with van der Waals surface area (Å²) in [7, 11) is 0. The number of unbranched alkanes of at least 4 members (excludes halogenated alkanes) is 6. The zero-order chi connectivity index (χ0) is 19.3. The van der Waals surface area contributed by atoms with Gasteiger partial charge in [-0.05, 0) is 48.6 Å². The van der Waals surface area contributed by atoms with Crippen molar-refractivity contribution in [3.63, 3.8) is 0 Å². The van der Waals surface area contributed by atoms with Gasteiger partial charge in [-0.1, -0.05) is 77.5 Å². The summed E-state index contributed by atoms with van der Waals surface area (Å²) >= 11 is 0. The highest BCUT2D eigenvalue weighted by Crippen LogP contribution is 2.25. The Morgan fingerprint density at radius 1 is 0.778 bits per heavy atom. The molecule has 1 unspecified atom stereocenters. The summed E-state index contributed by atoms with van der Waals surface area (Å²) in [5, 5.41) is 0. The van der Waals surface area contributed by atoms with Crippen molar-refractivity contribution in [2.45, 2.75) is 84.5 Å². The van der Waals surface area contributed by atoms with Crippen LogP contribution in [0.2, 0.25) is 0 Å². The lowest BCUT2D eigenvalue weighted by atomic mass is 9.94. The Morgan fingerprint density at radius 2 is 1.44 bits per heavy atom. The van der Waals surface area contributed by atoms with Gasteiger partial charge in [0.1, 0.15) is 5.75 Å². The van der Waals surface area contributed by atoms with Crippen molar-refractivity contribution in [1.82, 2.24) is 4.98 Å². The van der Waals surface area contributed by atoms with Gasteiger partial charge in [0.15, 0.2) is 0 Å². The second-order valence-electron chi connectivity index (χ2n) is 7.59. The van der Waals surface area contributed by atoms with Crippen LogP contribution in [-0.2, 0) is 6.42 Å². The summed E-state index contributed by atoms with van der Waals surface area (Å²) in [4.78, 5) is 4.69.